The molecule has 3 amide bonds. The Labute approximate surface area is 156 Å². The number of rotatable bonds is 8. The second kappa shape index (κ2) is 8.95. The van der Waals surface area contributed by atoms with Gasteiger partial charge in [0.15, 0.2) is 0 Å². The monoisotopic (exact) mass is 368 g/mol. The first-order valence-electron chi connectivity index (χ1n) is 8.64. The van der Waals surface area contributed by atoms with Crippen molar-refractivity contribution in [2.24, 2.45) is 0 Å². The van der Waals surface area contributed by atoms with Gasteiger partial charge in [-0.1, -0.05) is 42.5 Å². The highest BCUT2D eigenvalue weighted by atomic mass is 16.5. The molecule has 2 aromatic rings. The van der Waals surface area contributed by atoms with Crippen LogP contribution in [0.4, 0.5) is 4.79 Å². The lowest BCUT2D eigenvalue weighted by atomic mass is 10.1. The van der Waals surface area contributed by atoms with Crippen molar-refractivity contribution in [3.05, 3.63) is 71.3 Å². The number of nitrogens with one attached hydrogen (secondary N) is 1. The molecule has 0 spiro atoms. The molecular formula is C20H20N2O5. The molecule has 0 fully saturated rings. The van der Waals surface area contributed by atoms with Crippen molar-refractivity contribution in [3.8, 4) is 0 Å². The average molecular weight is 368 g/mol. The highest BCUT2D eigenvalue weighted by Crippen LogP contribution is 2.21. The molecule has 0 saturated carbocycles. The molecule has 2 aromatic carbocycles. The van der Waals surface area contributed by atoms with E-state index in [-0.39, 0.29) is 44.7 Å². The summed E-state index contributed by atoms with van der Waals surface area (Å²) < 4.78 is 10.5. The van der Waals surface area contributed by atoms with Gasteiger partial charge in [0.2, 0.25) is 0 Å². The van der Waals surface area contributed by atoms with E-state index in [1.165, 1.54) is 4.90 Å². The third-order valence-electron chi connectivity index (χ3n) is 4.07. The lowest BCUT2D eigenvalue weighted by Crippen LogP contribution is -2.34. The van der Waals surface area contributed by atoms with Gasteiger partial charge in [-0.3, -0.25) is 14.5 Å². The Morgan fingerprint density at radius 2 is 1.52 bits per heavy atom. The Morgan fingerprint density at radius 1 is 0.889 bits per heavy atom. The summed E-state index contributed by atoms with van der Waals surface area (Å²) in [7, 11) is 0. The Morgan fingerprint density at radius 3 is 2.19 bits per heavy atom. The molecule has 1 N–H and O–H groups in total. The van der Waals surface area contributed by atoms with Crippen LogP contribution in [0.25, 0.3) is 0 Å². The molecule has 7 heteroatoms. The maximum Gasteiger partial charge on any atom is 0.407 e. The molecular weight excluding hydrogens is 348 g/mol. The van der Waals surface area contributed by atoms with Crippen molar-refractivity contribution < 1.29 is 23.9 Å². The molecule has 0 radical (unpaired) electrons. The van der Waals surface area contributed by atoms with E-state index in [2.05, 4.69) is 5.32 Å². The molecule has 0 aliphatic carbocycles. The first-order valence-corrected chi connectivity index (χ1v) is 8.64. The minimum Gasteiger partial charge on any atom is -0.445 e. The van der Waals surface area contributed by atoms with Gasteiger partial charge in [0.1, 0.15) is 6.61 Å². The number of nitrogens with zero attached hydrogens (tertiary/aromatic N) is 1. The van der Waals surface area contributed by atoms with E-state index in [4.69, 9.17) is 9.47 Å². The quantitative estimate of drug-likeness (QED) is 0.570. The van der Waals surface area contributed by atoms with Crippen molar-refractivity contribution in [3.63, 3.8) is 0 Å². The van der Waals surface area contributed by atoms with Crippen molar-refractivity contribution in [2.45, 2.75) is 6.61 Å². The van der Waals surface area contributed by atoms with Crippen LogP contribution in [0.3, 0.4) is 0 Å². The Kier molecular flexibility index (Phi) is 6.17. The summed E-state index contributed by atoms with van der Waals surface area (Å²) in [5.74, 6) is -0.608. The van der Waals surface area contributed by atoms with Gasteiger partial charge in [-0.2, -0.15) is 0 Å². The second-order valence-electron chi connectivity index (χ2n) is 5.91. The largest absolute Gasteiger partial charge is 0.445 e. The standard InChI is InChI=1S/C20H20N2O5/c23-18-16-8-4-5-9-17(16)19(24)22(18)11-13-26-12-10-21-20(25)27-14-15-6-2-1-3-7-15/h1-9H,10-14H2,(H,21,25). The fraction of sp³-hybridized carbons (Fsp3) is 0.250. The zero-order valence-electron chi connectivity index (χ0n) is 14.7. The molecule has 140 valence electrons. The van der Waals surface area contributed by atoms with E-state index in [0.29, 0.717) is 11.1 Å². The van der Waals surface area contributed by atoms with E-state index in [1.54, 1.807) is 24.3 Å². The number of hydrogen-bond acceptors (Lipinski definition) is 5. The first kappa shape index (κ1) is 18.6. The number of amides is 3. The van der Waals surface area contributed by atoms with Crippen LogP contribution in [0.2, 0.25) is 0 Å². The normalized spacial score (nSPS) is 12.8. The summed E-state index contributed by atoms with van der Waals surface area (Å²) in [5, 5.41) is 2.58. The van der Waals surface area contributed by atoms with E-state index >= 15 is 0 Å². The summed E-state index contributed by atoms with van der Waals surface area (Å²) in [6, 6.07) is 16.1. The first-order chi connectivity index (χ1) is 13.2. The minimum atomic E-state index is -0.525. The van der Waals surface area contributed by atoms with Crippen LogP contribution in [0, 0.1) is 0 Å². The van der Waals surface area contributed by atoms with Crippen LogP contribution < -0.4 is 5.32 Å². The van der Waals surface area contributed by atoms with Crippen LogP contribution in [-0.4, -0.2) is 49.1 Å². The number of carbonyl (C=O) groups excluding carboxylic acids is 3. The van der Waals surface area contributed by atoms with Gasteiger partial charge in [-0.15, -0.1) is 0 Å². The van der Waals surface area contributed by atoms with E-state index in [1.807, 2.05) is 30.3 Å². The summed E-state index contributed by atoms with van der Waals surface area (Å²) in [6.45, 7) is 1.10. The number of alkyl carbamates (subject to hydrolysis) is 1. The van der Waals surface area contributed by atoms with E-state index in [0.717, 1.165) is 5.56 Å². The molecule has 0 aromatic heterocycles. The highest BCUT2D eigenvalue weighted by Gasteiger charge is 2.34. The molecule has 3 rings (SSSR count). The smallest absolute Gasteiger partial charge is 0.407 e. The molecule has 1 aliphatic heterocycles. The maximum absolute atomic E-state index is 12.2. The van der Waals surface area contributed by atoms with Crippen molar-refractivity contribution in [1.82, 2.24) is 10.2 Å². The molecule has 27 heavy (non-hydrogen) atoms. The fourth-order valence-electron chi connectivity index (χ4n) is 2.70. The van der Waals surface area contributed by atoms with Crippen molar-refractivity contribution >= 4 is 17.9 Å². The lowest BCUT2D eigenvalue weighted by Gasteiger charge is -2.14. The summed E-state index contributed by atoms with van der Waals surface area (Å²) in [4.78, 5) is 37.1. The molecule has 7 nitrogen and oxygen atoms in total. The Bertz CT molecular complexity index is 787. The van der Waals surface area contributed by atoms with Gasteiger partial charge in [0.05, 0.1) is 30.9 Å². The molecule has 0 saturated heterocycles. The van der Waals surface area contributed by atoms with Gasteiger partial charge in [-0.25, -0.2) is 4.79 Å². The number of carbonyl (C=O) groups is 3. The zero-order valence-corrected chi connectivity index (χ0v) is 14.7. The molecule has 0 bridgehead atoms. The molecule has 1 heterocycles. The van der Waals surface area contributed by atoms with Gasteiger partial charge < -0.3 is 14.8 Å². The predicted molar refractivity (Wildman–Crippen MR) is 97.3 cm³/mol. The van der Waals surface area contributed by atoms with E-state index < -0.39 is 6.09 Å². The van der Waals surface area contributed by atoms with Crippen LogP contribution >= 0.6 is 0 Å². The average Bonchev–Trinajstić information content (AvgIpc) is 2.94. The number of benzene rings is 2. The Hall–Kier alpha value is -3.19. The predicted octanol–water partition coefficient (Wildman–Crippen LogP) is 2.23. The fourth-order valence-corrected chi connectivity index (χ4v) is 2.70. The number of ether oxygens (including phenoxy) is 2. The second-order valence-corrected chi connectivity index (χ2v) is 5.91. The SMILES string of the molecule is O=C(NCCOCCN1C(=O)c2ccccc2C1=O)OCc1ccccc1. The van der Waals surface area contributed by atoms with Gasteiger partial charge in [0, 0.05) is 6.54 Å². The number of fused-ring (bicyclic) bond motifs is 1. The maximum atomic E-state index is 12.2. The van der Waals surface area contributed by atoms with Gasteiger partial charge in [0.25, 0.3) is 11.8 Å². The van der Waals surface area contributed by atoms with Crippen LogP contribution in [0.1, 0.15) is 26.3 Å². The zero-order chi connectivity index (χ0) is 19.1. The van der Waals surface area contributed by atoms with Crippen LogP contribution in [0.15, 0.2) is 54.6 Å². The van der Waals surface area contributed by atoms with Crippen LogP contribution in [-0.2, 0) is 16.1 Å². The summed E-state index contributed by atoms with van der Waals surface area (Å²) in [6.07, 6.45) is -0.525. The summed E-state index contributed by atoms with van der Waals surface area (Å²) >= 11 is 0. The third kappa shape index (κ3) is 4.71. The summed E-state index contributed by atoms with van der Waals surface area (Å²) in [5.41, 5.74) is 1.75. The molecule has 0 atom stereocenters. The Balaban J connectivity index is 1.29. The molecule has 1 aliphatic rings. The van der Waals surface area contributed by atoms with E-state index in [9.17, 15) is 14.4 Å². The van der Waals surface area contributed by atoms with Gasteiger partial charge in [-0.05, 0) is 17.7 Å². The minimum absolute atomic E-state index is 0.171. The van der Waals surface area contributed by atoms with Crippen molar-refractivity contribution in [1.29, 1.82) is 0 Å². The number of imide groups is 1. The number of hydrogen-bond donors (Lipinski definition) is 1. The van der Waals surface area contributed by atoms with Crippen molar-refractivity contribution in [2.75, 3.05) is 26.3 Å². The van der Waals surface area contributed by atoms with Crippen LogP contribution in [0.5, 0.6) is 0 Å². The lowest BCUT2D eigenvalue weighted by molar-refractivity contribution is 0.0565. The van der Waals surface area contributed by atoms with Gasteiger partial charge >= 0.3 is 6.09 Å². The topological polar surface area (TPSA) is 84.9 Å². The third-order valence-corrected chi connectivity index (χ3v) is 4.07. The molecule has 0 unspecified atom stereocenters. The highest BCUT2D eigenvalue weighted by molar-refractivity contribution is 6.21.